The molecule has 0 aromatic heterocycles. The number of benzene rings is 2. The van der Waals surface area contributed by atoms with Gasteiger partial charge in [0.1, 0.15) is 0 Å². The van der Waals surface area contributed by atoms with Crippen molar-refractivity contribution >= 4 is 41.4 Å². The molecule has 28 heavy (non-hydrogen) atoms. The van der Waals surface area contributed by atoms with Crippen LogP contribution in [0.25, 0.3) is 0 Å². The summed E-state index contributed by atoms with van der Waals surface area (Å²) in [4.78, 5) is 24.2. The van der Waals surface area contributed by atoms with Gasteiger partial charge in [0, 0.05) is 23.5 Å². The van der Waals surface area contributed by atoms with E-state index in [9.17, 15) is 9.59 Å². The number of hydrogen-bond acceptors (Lipinski definition) is 3. The van der Waals surface area contributed by atoms with Gasteiger partial charge in [-0.1, -0.05) is 18.2 Å². The zero-order valence-corrected chi connectivity index (χ0v) is 16.6. The predicted molar refractivity (Wildman–Crippen MR) is 116 cm³/mol. The van der Waals surface area contributed by atoms with Gasteiger partial charge in [-0.2, -0.15) is 0 Å². The largest absolute Gasteiger partial charge is 0.330 e. The molecule has 2 aromatic carbocycles. The lowest BCUT2D eigenvalue weighted by atomic mass is 9.90. The fourth-order valence-electron chi connectivity index (χ4n) is 3.34. The molecule has 0 saturated heterocycles. The smallest absolute Gasteiger partial charge is 0.323 e. The molecule has 7 heteroatoms. The number of carbonyl (C=O) groups is 2. The lowest BCUT2D eigenvalue weighted by molar-refractivity contribution is -0.116. The number of rotatable bonds is 6. The van der Waals surface area contributed by atoms with Crippen molar-refractivity contribution < 1.29 is 9.59 Å². The van der Waals surface area contributed by atoms with Crippen molar-refractivity contribution in [2.45, 2.75) is 38.5 Å². The highest BCUT2D eigenvalue weighted by Crippen LogP contribution is 2.28. The van der Waals surface area contributed by atoms with Crippen LogP contribution in [-0.2, 0) is 17.6 Å². The number of carbonyl (C=O) groups excluding carboxylic acids is 2. The van der Waals surface area contributed by atoms with Gasteiger partial charge in [0.05, 0.1) is 0 Å². The van der Waals surface area contributed by atoms with Crippen molar-refractivity contribution in [2.75, 3.05) is 22.5 Å². The molecule has 5 N–H and O–H groups in total. The van der Waals surface area contributed by atoms with Crippen molar-refractivity contribution in [2.24, 2.45) is 5.73 Å². The summed E-state index contributed by atoms with van der Waals surface area (Å²) in [6, 6.07) is 12.9. The average molecular weight is 403 g/mol. The number of nitrogens with two attached hydrogens (primary N) is 1. The van der Waals surface area contributed by atoms with Gasteiger partial charge in [0.2, 0.25) is 5.91 Å². The van der Waals surface area contributed by atoms with Crippen molar-refractivity contribution in [1.29, 1.82) is 0 Å². The van der Waals surface area contributed by atoms with Crippen LogP contribution in [0.5, 0.6) is 0 Å². The van der Waals surface area contributed by atoms with Gasteiger partial charge in [-0.15, -0.1) is 12.4 Å². The Morgan fingerprint density at radius 2 is 1.64 bits per heavy atom. The van der Waals surface area contributed by atoms with Gasteiger partial charge in [-0.25, -0.2) is 4.79 Å². The second-order valence-corrected chi connectivity index (χ2v) is 6.75. The topological polar surface area (TPSA) is 96.2 Å². The molecule has 150 valence electrons. The Hall–Kier alpha value is -2.57. The lowest BCUT2D eigenvalue weighted by Crippen LogP contribution is -2.21. The fraction of sp³-hybridized carbons (Fsp3) is 0.333. The van der Waals surface area contributed by atoms with E-state index in [1.54, 1.807) is 24.3 Å². The molecule has 0 atom stereocenters. The molecule has 1 aliphatic rings. The van der Waals surface area contributed by atoms with Crippen molar-refractivity contribution in [3.63, 3.8) is 0 Å². The second kappa shape index (κ2) is 10.7. The van der Waals surface area contributed by atoms with Gasteiger partial charge in [0.15, 0.2) is 0 Å². The third kappa shape index (κ3) is 5.97. The number of anilines is 3. The van der Waals surface area contributed by atoms with E-state index in [2.05, 4.69) is 22.0 Å². The Balaban J connectivity index is 0.00000280. The SMILES string of the molecule is Cl.NCCCC(=O)Nc1cccc(NC(=O)Nc2cccc3c2CCCC3)c1. The zero-order chi connectivity index (χ0) is 19.1. The van der Waals surface area contributed by atoms with Crippen LogP contribution < -0.4 is 21.7 Å². The molecule has 0 unspecified atom stereocenters. The number of fused-ring (bicyclic) bond motifs is 1. The quantitative estimate of drug-likeness (QED) is 0.579. The Kier molecular flexibility index (Phi) is 8.29. The van der Waals surface area contributed by atoms with Gasteiger partial charge in [-0.3, -0.25) is 4.79 Å². The van der Waals surface area contributed by atoms with E-state index < -0.39 is 0 Å². The van der Waals surface area contributed by atoms with Crippen LogP contribution in [0.4, 0.5) is 21.9 Å². The summed E-state index contributed by atoms with van der Waals surface area (Å²) >= 11 is 0. The summed E-state index contributed by atoms with van der Waals surface area (Å²) in [6.45, 7) is 0.484. The van der Waals surface area contributed by atoms with Crippen LogP contribution >= 0.6 is 12.4 Å². The Morgan fingerprint density at radius 3 is 2.43 bits per heavy atom. The highest BCUT2D eigenvalue weighted by Gasteiger charge is 2.14. The van der Waals surface area contributed by atoms with Crippen molar-refractivity contribution in [3.05, 3.63) is 53.6 Å². The van der Waals surface area contributed by atoms with Crippen molar-refractivity contribution in [1.82, 2.24) is 0 Å². The first-order chi connectivity index (χ1) is 13.2. The van der Waals surface area contributed by atoms with E-state index in [0.717, 1.165) is 24.9 Å². The summed E-state index contributed by atoms with van der Waals surface area (Å²) in [5.41, 5.74) is 10.1. The van der Waals surface area contributed by atoms with Crippen LogP contribution in [0.1, 0.15) is 36.8 Å². The summed E-state index contributed by atoms with van der Waals surface area (Å²) in [5, 5.41) is 8.60. The Morgan fingerprint density at radius 1 is 0.929 bits per heavy atom. The first kappa shape index (κ1) is 21.7. The Bertz CT molecular complexity index is 826. The summed E-state index contributed by atoms with van der Waals surface area (Å²) < 4.78 is 0. The van der Waals surface area contributed by atoms with Crippen LogP contribution in [0.15, 0.2) is 42.5 Å². The summed E-state index contributed by atoms with van der Waals surface area (Å²) in [5.74, 6) is -0.0852. The highest BCUT2D eigenvalue weighted by molar-refractivity contribution is 6.01. The molecule has 0 bridgehead atoms. The third-order valence-electron chi connectivity index (χ3n) is 4.66. The van der Waals surface area contributed by atoms with Crippen molar-refractivity contribution in [3.8, 4) is 0 Å². The minimum absolute atomic E-state index is 0. The first-order valence-corrected chi connectivity index (χ1v) is 9.44. The minimum atomic E-state index is -0.291. The van der Waals surface area contributed by atoms with E-state index in [-0.39, 0.29) is 24.3 Å². The summed E-state index contributed by atoms with van der Waals surface area (Å²) in [6.07, 6.45) is 5.45. The van der Waals surface area contributed by atoms with Gasteiger partial charge in [0.25, 0.3) is 0 Å². The standard InChI is InChI=1S/C21H26N4O2.ClH/c22-13-5-12-20(26)23-16-8-4-9-17(14-16)24-21(27)25-19-11-3-7-15-6-1-2-10-18(15)19;/h3-4,7-9,11,14H,1-2,5-6,10,12-13,22H2,(H,23,26)(H2,24,25,27);1H. The molecule has 2 aromatic rings. The van der Waals surface area contributed by atoms with Crippen LogP contribution in [0, 0.1) is 0 Å². The molecule has 0 saturated carbocycles. The van der Waals surface area contributed by atoms with Crippen LogP contribution in [0.3, 0.4) is 0 Å². The number of aryl methyl sites for hydroxylation is 1. The fourth-order valence-corrected chi connectivity index (χ4v) is 3.34. The van der Waals surface area contributed by atoms with Gasteiger partial charge in [-0.05, 0) is 74.0 Å². The third-order valence-corrected chi connectivity index (χ3v) is 4.66. The highest BCUT2D eigenvalue weighted by atomic mass is 35.5. The molecular formula is C21H27ClN4O2. The molecule has 3 amide bonds. The maximum atomic E-state index is 12.4. The normalized spacial score (nSPS) is 12.3. The zero-order valence-electron chi connectivity index (χ0n) is 15.8. The van der Waals surface area contributed by atoms with Crippen LogP contribution in [0.2, 0.25) is 0 Å². The monoisotopic (exact) mass is 402 g/mol. The summed E-state index contributed by atoms with van der Waals surface area (Å²) in [7, 11) is 0. The number of urea groups is 1. The lowest BCUT2D eigenvalue weighted by Gasteiger charge is -2.19. The van der Waals surface area contributed by atoms with E-state index in [4.69, 9.17) is 5.73 Å². The molecule has 0 spiro atoms. The molecule has 3 rings (SSSR count). The maximum absolute atomic E-state index is 12.4. The van der Waals surface area contributed by atoms with Gasteiger partial charge < -0.3 is 21.7 Å². The first-order valence-electron chi connectivity index (χ1n) is 9.44. The number of nitrogens with one attached hydrogen (secondary N) is 3. The second-order valence-electron chi connectivity index (χ2n) is 6.75. The Labute approximate surface area is 171 Å². The maximum Gasteiger partial charge on any atom is 0.323 e. The van der Waals surface area contributed by atoms with E-state index in [0.29, 0.717) is 30.8 Å². The molecular weight excluding hydrogens is 376 g/mol. The molecule has 0 aliphatic heterocycles. The molecule has 6 nitrogen and oxygen atoms in total. The average Bonchev–Trinajstić information content (AvgIpc) is 2.67. The van der Waals surface area contributed by atoms with E-state index >= 15 is 0 Å². The number of amides is 3. The molecule has 0 fully saturated rings. The van der Waals surface area contributed by atoms with E-state index in [1.165, 1.54) is 17.5 Å². The number of halogens is 1. The molecule has 1 aliphatic carbocycles. The minimum Gasteiger partial charge on any atom is -0.330 e. The van der Waals surface area contributed by atoms with Gasteiger partial charge >= 0.3 is 6.03 Å². The molecule has 0 heterocycles. The predicted octanol–water partition coefficient (Wildman–Crippen LogP) is 4.31. The van der Waals surface area contributed by atoms with E-state index in [1.807, 2.05) is 12.1 Å². The number of hydrogen-bond donors (Lipinski definition) is 4. The molecule has 0 radical (unpaired) electrons. The van der Waals surface area contributed by atoms with Crippen LogP contribution in [-0.4, -0.2) is 18.5 Å².